The van der Waals surface area contributed by atoms with E-state index in [0.717, 1.165) is 50.0 Å². The highest BCUT2D eigenvalue weighted by Crippen LogP contribution is 2.31. The maximum Gasteiger partial charge on any atom is 0.373 e. The second kappa shape index (κ2) is 9.12. The monoisotopic (exact) mass is 388 g/mol. The molecule has 1 aromatic carbocycles. The van der Waals surface area contributed by atoms with E-state index in [9.17, 15) is 4.79 Å². The second-order valence-corrected chi connectivity index (χ2v) is 6.94. The van der Waals surface area contributed by atoms with Crippen molar-refractivity contribution in [2.75, 3.05) is 47.5 Å². The van der Waals surface area contributed by atoms with Gasteiger partial charge in [-0.15, -0.1) is 0 Å². The van der Waals surface area contributed by atoms with E-state index in [0.29, 0.717) is 6.54 Å². The molecule has 1 fully saturated rings. The van der Waals surface area contributed by atoms with Gasteiger partial charge in [-0.25, -0.2) is 4.79 Å². The molecular formula is C21H28N2O5. The zero-order chi connectivity index (χ0) is 20.1. The van der Waals surface area contributed by atoms with Gasteiger partial charge in [-0.1, -0.05) is 0 Å². The van der Waals surface area contributed by atoms with Gasteiger partial charge in [0.2, 0.25) is 5.76 Å². The van der Waals surface area contributed by atoms with Crippen LogP contribution < -0.4 is 9.47 Å². The summed E-state index contributed by atoms with van der Waals surface area (Å²) in [5, 5.41) is 0. The number of ether oxygens (including phenoxy) is 3. The standard InChI is InChI=1S/C21H28N2O5/c1-15-11-19(25-2)20(26-3)12-16(15)13-22-7-9-23(10-8-22)14-17-5-6-18(28-17)21(24)27-4/h5-6,11-12H,7-10,13-14H2,1-4H3. The van der Waals surface area contributed by atoms with Gasteiger partial charge in [0.05, 0.1) is 27.9 Å². The number of benzene rings is 1. The van der Waals surface area contributed by atoms with Gasteiger partial charge in [0.15, 0.2) is 11.5 Å². The highest BCUT2D eigenvalue weighted by atomic mass is 16.5. The number of carbonyl (C=O) groups excluding carboxylic acids is 1. The first kappa shape index (κ1) is 20.2. The summed E-state index contributed by atoms with van der Waals surface area (Å²) < 4.78 is 21.1. The predicted molar refractivity (Wildman–Crippen MR) is 105 cm³/mol. The number of nitrogens with zero attached hydrogens (tertiary/aromatic N) is 2. The van der Waals surface area contributed by atoms with Gasteiger partial charge in [-0.2, -0.15) is 0 Å². The molecule has 0 spiro atoms. The van der Waals surface area contributed by atoms with Crippen LogP contribution in [0.1, 0.15) is 27.4 Å². The number of aryl methyl sites for hydroxylation is 1. The van der Waals surface area contributed by atoms with Crippen molar-refractivity contribution in [2.45, 2.75) is 20.0 Å². The van der Waals surface area contributed by atoms with Gasteiger partial charge in [0, 0.05) is 32.7 Å². The van der Waals surface area contributed by atoms with E-state index in [1.54, 1.807) is 20.3 Å². The van der Waals surface area contributed by atoms with E-state index in [-0.39, 0.29) is 5.76 Å². The van der Waals surface area contributed by atoms with Crippen molar-refractivity contribution >= 4 is 5.97 Å². The highest BCUT2D eigenvalue weighted by Gasteiger charge is 2.20. The van der Waals surface area contributed by atoms with Gasteiger partial charge in [-0.3, -0.25) is 9.80 Å². The summed E-state index contributed by atoms with van der Waals surface area (Å²) in [5.41, 5.74) is 2.45. The number of rotatable bonds is 7. The van der Waals surface area contributed by atoms with Crippen LogP contribution in [0.2, 0.25) is 0 Å². The Morgan fingerprint density at radius 1 is 0.964 bits per heavy atom. The Morgan fingerprint density at radius 3 is 2.18 bits per heavy atom. The van der Waals surface area contributed by atoms with Crippen molar-refractivity contribution in [1.29, 1.82) is 0 Å². The summed E-state index contributed by atoms with van der Waals surface area (Å²) in [6.07, 6.45) is 0. The molecule has 152 valence electrons. The first-order chi connectivity index (χ1) is 13.5. The van der Waals surface area contributed by atoms with E-state index in [4.69, 9.17) is 13.9 Å². The van der Waals surface area contributed by atoms with Crippen molar-refractivity contribution in [3.8, 4) is 11.5 Å². The van der Waals surface area contributed by atoms with Crippen LogP contribution in [0.3, 0.4) is 0 Å². The molecule has 0 N–H and O–H groups in total. The second-order valence-electron chi connectivity index (χ2n) is 6.94. The lowest BCUT2D eigenvalue weighted by molar-refractivity contribution is 0.0559. The molecule has 0 atom stereocenters. The summed E-state index contributed by atoms with van der Waals surface area (Å²) in [4.78, 5) is 16.3. The van der Waals surface area contributed by atoms with Crippen LogP contribution in [0.5, 0.6) is 11.5 Å². The van der Waals surface area contributed by atoms with E-state index < -0.39 is 5.97 Å². The molecule has 1 aliphatic rings. The van der Waals surface area contributed by atoms with E-state index in [2.05, 4.69) is 27.5 Å². The largest absolute Gasteiger partial charge is 0.493 e. The Morgan fingerprint density at radius 2 is 1.57 bits per heavy atom. The third kappa shape index (κ3) is 4.66. The van der Waals surface area contributed by atoms with Crippen LogP contribution in [0, 0.1) is 6.92 Å². The summed E-state index contributed by atoms with van der Waals surface area (Å²) in [7, 11) is 4.67. The molecule has 0 radical (unpaired) electrons. The van der Waals surface area contributed by atoms with Crippen molar-refractivity contribution in [1.82, 2.24) is 9.80 Å². The molecule has 1 saturated heterocycles. The van der Waals surface area contributed by atoms with Crippen LogP contribution in [0.25, 0.3) is 0 Å². The Hall–Kier alpha value is -2.51. The van der Waals surface area contributed by atoms with E-state index in [1.165, 1.54) is 18.2 Å². The lowest BCUT2D eigenvalue weighted by Gasteiger charge is -2.34. The molecule has 7 nitrogen and oxygen atoms in total. The third-order valence-electron chi connectivity index (χ3n) is 5.13. The topological polar surface area (TPSA) is 64.4 Å². The average Bonchev–Trinajstić information content (AvgIpc) is 3.18. The molecule has 0 bridgehead atoms. The van der Waals surface area contributed by atoms with Gasteiger partial charge < -0.3 is 18.6 Å². The smallest absolute Gasteiger partial charge is 0.373 e. The van der Waals surface area contributed by atoms with Crippen LogP contribution in [-0.2, 0) is 17.8 Å². The van der Waals surface area contributed by atoms with Crippen LogP contribution in [-0.4, -0.2) is 63.3 Å². The van der Waals surface area contributed by atoms with Crippen molar-refractivity contribution in [2.24, 2.45) is 0 Å². The minimum absolute atomic E-state index is 0.250. The number of hydrogen-bond acceptors (Lipinski definition) is 7. The normalized spacial score (nSPS) is 15.4. The number of furan rings is 1. The Balaban J connectivity index is 1.54. The Bertz CT molecular complexity index is 809. The number of carbonyl (C=O) groups is 1. The molecule has 2 aromatic rings. The molecule has 0 amide bonds. The van der Waals surface area contributed by atoms with Gasteiger partial charge >= 0.3 is 5.97 Å². The van der Waals surface area contributed by atoms with Gasteiger partial charge in [-0.05, 0) is 42.3 Å². The first-order valence-electron chi connectivity index (χ1n) is 9.37. The predicted octanol–water partition coefficient (Wildman–Crippen LogP) is 2.71. The molecule has 28 heavy (non-hydrogen) atoms. The lowest BCUT2D eigenvalue weighted by atomic mass is 10.1. The summed E-state index contributed by atoms with van der Waals surface area (Å²) in [6, 6.07) is 7.60. The molecule has 0 aliphatic carbocycles. The van der Waals surface area contributed by atoms with Crippen LogP contribution >= 0.6 is 0 Å². The molecule has 1 aromatic heterocycles. The number of piperazine rings is 1. The minimum atomic E-state index is -0.443. The first-order valence-corrected chi connectivity index (χ1v) is 9.37. The van der Waals surface area contributed by atoms with Gasteiger partial charge in [0.1, 0.15) is 5.76 Å². The van der Waals surface area contributed by atoms with Crippen molar-refractivity contribution in [3.05, 3.63) is 46.9 Å². The van der Waals surface area contributed by atoms with Crippen molar-refractivity contribution in [3.63, 3.8) is 0 Å². The fraction of sp³-hybridized carbons (Fsp3) is 0.476. The number of hydrogen-bond donors (Lipinski definition) is 0. The number of methoxy groups -OCH3 is 3. The fourth-order valence-corrected chi connectivity index (χ4v) is 3.43. The van der Waals surface area contributed by atoms with E-state index >= 15 is 0 Å². The quantitative estimate of drug-likeness (QED) is 0.676. The minimum Gasteiger partial charge on any atom is -0.493 e. The molecule has 2 heterocycles. The number of esters is 1. The summed E-state index contributed by atoms with van der Waals surface area (Å²) >= 11 is 0. The average molecular weight is 388 g/mol. The molecule has 7 heteroatoms. The zero-order valence-corrected chi connectivity index (χ0v) is 17.0. The maximum atomic E-state index is 11.5. The molecule has 0 saturated carbocycles. The zero-order valence-electron chi connectivity index (χ0n) is 17.0. The maximum absolute atomic E-state index is 11.5. The third-order valence-corrected chi connectivity index (χ3v) is 5.13. The van der Waals surface area contributed by atoms with E-state index in [1.807, 2.05) is 12.1 Å². The summed E-state index contributed by atoms with van der Waals surface area (Å²) in [5.74, 6) is 2.12. The molecule has 3 rings (SSSR count). The van der Waals surface area contributed by atoms with Crippen molar-refractivity contribution < 1.29 is 23.4 Å². The molecule has 1 aliphatic heterocycles. The lowest BCUT2D eigenvalue weighted by Crippen LogP contribution is -2.45. The van der Waals surface area contributed by atoms with Gasteiger partial charge in [0.25, 0.3) is 0 Å². The Kier molecular flexibility index (Phi) is 6.59. The molecular weight excluding hydrogens is 360 g/mol. The van der Waals surface area contributed by atoms with Crippen LogP contribution in [0.15, 0.2) is 28.7 Å². The van der Waals surface area contributed by atoms with Crippen LogP contribution in [0.4, 0.5) is 0 Å². The SMILES string of the molecule is COC(=O)c1ccc(CN2CCN(Cc3cc(OC)c(OC)cc3C)CC2)o1. The highest BCUT2D eigenvalue weighted by molar-refractivity contribution is 5.86. The summed E-state index contributed by atoms with van der Waals surface area (Å²) in [6.45, 7) is 7.51. The molecule has 0 unspecified atom stereocenters. The Labute approximate surface area is 165 Å². The fourth-order valence-electron chi connectivity index (χ4n) is 3.43.